The van der Waals surface area contributed by atoms with Gasteiger partial charge in [-0.2, -0.15) is 9.38 Å². The van der Waals surface area contributed by atoms with Crippen LogP contribution in [0.25, 0.3) is 4.96 Å². The summed E-state index contributed by atoms with van der Waals surface area (Å²) < 4.78 is 1.49. The van der Waals surface area contributed by atoms with E-state index >= 15 is 0 Å². The Labute approximate surface area is 89.7 Å². The number of nitro groups is 1. The van der Waals surface area contributed by atoms with Gasteiger partial charge in [0.2, 0.25) is 5.82 Å². The van der Waals surface area contributed by atoms with E-state index in [1.54, 1.807) is 11.6 Å². The first-order valence-corrected chi connectivity index (χ1v) is 5.45. The number of anilines is 1. The van der Waals surface area contributed by atoms with Gasteiger partial charge in [-0.25, -0.2) is 0 Å². The third-order valence-corrected chi connectivity index (χ3v) is 2.71. The Kier molecular flexibility index (Phi) is 2.55. The Morgan fingerprint density at radius 3 is 3.20 bits per heavy atom. The summed E-state index contributed by atoms with van der Waals surface area (Å²) in [5, 5.41) is 15.6. The molecule has 7 heteroatoms. The quantitative estimate of drug-likeness (QED) is 0.640. The molecule has 1 N–H and O–H groups in total. The molecule has 0 aromatic carbocycles. The number of imidazole rings is 1. The van der Waals surface area contributed by atoms with Crippen LogP contribution < -0.4 is 5.32 Å². The normalized spacial score (nSPS) is 10.7. The van der Waals surface area contributed by atoms with Crippen molar-refractivity contribution in [2.24, 2.45) is 0 Å². The Morgan fingerprint density at radius 1 is 1.73 bits per heavy atom. The fourth-order valence-electron chi connectivity index (χ4n) is 1.31. The Bertz CT molecular complexity index is 490. The van der Waals surface area contributed by atoms with E-state index in [1.807, 2.05) is 6.92 Å². The van der Waals surface area contributed by atoms with Crippen molar-refractivity contribution in [3.8, 4) is 0 Å². The zero-order valence-electron chi connectivity index (χ0n) is 8.14. The molecule has 0 radical (unpaired) electrons. The molecule has 2 heterocycles. The van der Waals surface area contributed by atoms with Gasteiger partial charge in [0.1, 0.15) is 6.20 Å². The van der Waals surface area contributed by atoms with Crippen LogP contribution in [0.1, 0.15) is 13.3 Å². The van der Waals surface area contributed by atoms with Crippen molar-refractivity contribution in [3.05, 3.63) is 21.7 Å². The molecular formula is C8H10N4O2S. The van der Waals surface area contributed by atoms with Crippen LogP contribution in [0.2, 0.25) is 0 Å². The van der Waals surface area contributed by atoms with Crippen molar-refractivity contribution < 1.29 is 4.92 Å². The third-order valence-electron chi connectivity index (χ3n) is 1.95. The Hall–Kier alpha value is -1.63. The summed E-state index contributed by atoms with van der Waals surface area (Å²) in [4.78, 5) is 15.3. The van der Waals surface area contributed by atoms with Crippen LogP contribution >= 0.6 is 11.3 Å². The number of hydrogen-bond acceptors (Lipinski definition) is 5. The van der Waals surface area contributed by atoms with Gasteiger partial charge in [0.05, 0.1) is 0 Å². The van der Waals surface area contributed by atoms with Crippen molar-refractivity contribution in [3.63, 3.8) is 0 Å². The third kappa shape index (κ3) is 1.65. The zero-order valence-corrected chi connectivity index (χ0v) is 8.95. The summed E-state index contributed by atoms with van der Waals surface area (Å²) in [6.45, 7) is 2.68. The molecule has 0 unspecified atom stereocenters. The van der Waals surface area contributed by atoms with Crippen LogP contribution in [0, 0.1) is 10.1 Å². The highest BCUT2D eigenvalue weighted by molar-refractivity contribution is 7.15. The minimum atomic E-state index is -0.412. The van der Waals surface area contributed by atoms with E-state index in [-0.39, 0.29) is 5.82 Å². The SMILES string of the molecule is CCCNc1nc2sccn2c1[N+](=O)[O-]. The predicted octanol–water partition coefficient (Wildman–Crippen LogP) is 2.13. The molecule has 2 aromatic heterocycles. The van der Waals surface area contributed by atoms with Gasteiger partial charge in [0.15, 0.2) is 0 Å². The molecule has 80 valence electrons. The fraction of sp³-hybridized carbons (Fsp3) is 0.375. The van der Waals surface area contributed by atoms with Gasteiger partial charge in [0, 0.05) is 11.9 Å². The minimum Gasteiger partial charge on any atom is -0.363 e. The summed E-state index contributed by atoms with van der Waals surface area (Å²) in [7, 11) is 0. The number of fused-ring (bicyclic) bond motifs is 1. The van der Waals surface area contributed by atoms with Crippen molar-refractivity contribution >= 4 is 27.9 Å². The molecule has 6 nitrogen and oxygen atoms in total. The van der Waals surface area contributed by atoms with E-state index < -0.39 is 4.92 Å². The molecule has 0 saturated carbocycles. The highest BCUT2D eigenvalue weighted by Gasteiger charge is 2.22. The maximum absolute atomic E-state index is 10.9. The number of nitrogens with zero attached hydrogens (tertiary/aromatic N) is 3. The van der Waals surface area contributed by atoms with Crippen LogP contribution in [0.5, 0.6) is 0 Å². The smallest absolute Gasteiger partial charge is 0.363 e. The van der Waals surface area contributed by atoms with Crippen molar-refractivity contribution in [2.75, 3.05) is 11.9 Å². The minimum absolute atomic E-state index is 0.0136. The molecule has 15 heavy (non-hydrogen) atoms. The molecule has 0 spiro atoms. The van der Waals surface area contributed by atoms with Gasteiger partial charge in [-0.15, -0.1) is 0 Å². The van der Waals surface area contributed by atoms with Gasteiger partial charge in [-0.3, -0.25) is 0 Å². The second-order valence-electron chi connectivity index (χ2n) is 3.02. The van der Waals surface area contributed by atoms with Crippen molar-refractivity contribution in [2.45, 2.75) is 13.3 Å². The first-order chi connectivity index (χ1) is 7.24. The standard InChI is InChI=1S/C8H10N4O2S/c1-2-3-9-6-7(12(13)14)11-4-5-15-8(11)10-6/h4-5,9H,2-3H2,1H3. The summed E-state index contributed by atoms with van der Waals surface area (Å²) >= 11 is 1.38. The van der Waals surface area contributed by atoms with E-state index in [4.69, 9.17) is 0 Å². The molecule has 0 amide bonds. The highest BCUT2D eigenvalue weighted by Crippen LogP contribution is 2.27. The molecule has 0 bridgehead atoms. The molecule has 0 atom stereocenters. The predicted molar refractivity (Wildman–Crippen MR) is 58.5 cm³/mol. The first-order valence-electron chi connectivity index (χ1n) is 4.58. The zero-order chi connectivity index (χ0) is 10.8. The second kappa shape index (κ2) is 3.85. The van der Waals surface area contributed by atoms with Gasteiger partial charge in [-0.1, -0.05) is 18.3 Å². The van der Waals surface area contributed by atoms with Crippen LogP contribution in [-0.4, -0.2) is 20.9 Å². The lowest BCUT2D eigenvalue weighted by Gasteiger charge is -1.99. The van der Waals surface area contributed by atoms with Gasteiger partial charge in [-0.05, 0) is 11.3 Å². The van der Waals surface area contributed by atoms with Crippen molar-refractivity contribution in [1.82, 2.24) is 9.38 Å². The van der Waals surface area contributed by atoms with E-state index in [2.05, 4.69) is 10.3 Å². The maximum Gasteiger partial charge on any atom is 0.372 e. The number of thiazole rings is 1. The van der Waals surface area contributed by atoms with E-state index in [0.717, 1.165) is 6.42 Å². The molecule has 0 saturated heterocycles. The second-order valence-corrected chi connectivity index (χ2v) is 3.90. The highest BCUT2D eigenvalue weighted by atomic mass is 32.1. The van der Waals surface area contributed by atoms with Crippen molar-refractivity contribution in [1.29, 1.82) is 0 Å². The monoisotopic (exact) mass is 226 g/mol. The first kappa shape index (κ1) is 9.91. The molecule has 0 aliphatic heterocycles. The summed E-state index contributed by atoms with van der Waals surface area (Å²) in [6, 6.07) is 0. The molecule has 0 fully saturated rings. The van der Waals surface area contributed by atoms with Crippen LogP contribution in [-0.2, 0) is 0 Å². The number of hydrogen-bond donors (Lipinski definition) is 1. The van der Waals surface area contributed by atoms with Crippen LogP contribution in [0.15, 0.2) is 11.6 Å². The van der Waals surface area contributed by atoms with E-state index in [9.17, 15) is 10.1 Å². The van der Waals surface area contributed by atoms with Gasteiger partial charge < -0.3 is 15.4 Å². The summed E-state index contributed by atoms with van der Waals surface area (Å²) in [5.74, 6) is 0.369. The summed E-state index contributed by atoms with van der Waals surface area (Å²) in [5.41, 5.74) is 0. The Balaban J connectivity index is 2.47. The number of aromatic nitrogens is 2. The van der Waals surface area contributed by atoms with E-state index in [1.165, 1.54) is 15.7 Å². The van der Waals surface area contributed by atoms with Crippen LogP contribution in [0.3, 0.4) is 0 Å². The maximum atomic E-state index is 10.9. The lowest BCUT2D eigenvalue weighted by atomic mass is 10.5. The molecular weight excluding hydrogens is 216 g/mol. The summed E-state index contributed by atoms with van der Waals surface area (Å²) in [6.07, 6.45) is 2.56. The fourth-order valence-corrected chi connectivity index (χ4v) is 2.02. The molecule has 0 aliphatic carbocycles. The lowest BCUT2D eigenvalue weighted by Crippen LogP contribution is -2.03. The average molecular weight is 226 g/mol. The largest absolute Gasteiger partial charge is 0.372 e. The van der Waals surface area contributed by atoms with Crippen LogP contribution in [0.4, 0.5) is 11.6 Å². The number of nitrogens with one attached hydrogen (secondary N) is 1. The molecule has 0 aliphatic rings. The van der Waals surface area contributed by atoms with E-state index in [0.29, 0.717) is 17.3 Å². The topological polar surface area (TPSA) is 72.5 Å². The molecule has 2 rings (SSSR count). The average Bonchev–Trinajstić information content (AvgIpc) is 2.72. The number of rotatable bonds is 4. The molecule has 2 aromatic rings. The van der Waals surface area contributed by atoms with Gasteiger partial charge in [0.25, 0.3) is 4.96 Å². The Morgan fingerprint density at radius 2 is 2.53 bits per heavy atom. The lowest BCUT2D eigenvalue weighted by molar-refractivity contribution is -0.389. The van der Waals surface area contributed by atoms with Gasteiger partial charge >= 0.3 is 5.82 Å².